The summed E-state index contributed by atoms with van der Waals surface area (Å²) in [5.41, 5.74) is 2.74. The van der Waals surface area contributed by atoms with Crippen LogP contribution in [0.25, 0.3) is 16.9 Å². The summed E-state index contributed by atoms with van der Waals surface area (Å²) in [7, 11) is 3.19. The van der Waals surface area contributed by atoms with Gasteiger partial charge in [-0.3, -0.25) is 9.69 Å². The molecule has 1 fully saturated rings. The van der Waals surface area contributed by atoms with Crippen LogP contribution < -0.4 is 14.8 Å². The van der Waals surface area contributed by atoms with E-state index in [1.54, 1.807) is 25.1 Å². The fourth-order valence-corrected chi connectivity index (χ4v) is 4.44. The molecule has 0 bridgehead atoms. The molecule has 1 unspecified atom stereocenters. The molecule has 1 atom stereocenters. The zero-order valence-corrected chi connectivity index (χ0v) is 20.9. The van der Waals surface area contributed by atoms with Crippen LogP contribution in [0.1, 0.15) is 24.2 Å². The first-order valence-electron chi connectivity index (χ1n) is 12.0. The number of benzene rings is 2. The quantitative estimate of drug-likeness (QED) is 0.506. The van der Waals surface area contributed by atoms with E-state index in [4.69, 9.17) is 19.3 Å². The maximum Gasteiger partial charge on any atom is 0.255 e. The number of para-hydroxylation sites is 1. The second kappa shape index (κ2) is 11.4. The van der Waals surface area contributed by atoms with Gasteiger partial charge in [0.2, 0.25) is 0 Å². The Labute approximate surface area is 206 Å². The molecule has 1 aromatic heterocycles. The number of hydrogen-bond acceptors (Lipinski definition) is 6. The van der Waals surface area contributed by atoms with Gasteiger partial charge in [0.1, 0.15) is 5.69 Å². The number of ether oxygens (including phenoxy) is 3. The molecule has 1 aliphatic heterocycles. The highest BCUT2D eigenvalue weighted by Crippen LogP contribution is 2.33. The number of rotatable bonds is 9. The Balaban J connectivity index is 1.65. The third-order valence-electron chi connectivity index (χ3n) is 6.39. The van der Waals surface area contributed by atoms with Crippen LogP contribution in [0.4, 0.5) is 0 Å². The van der Waals surface area contributed by atoms with Crippen molar-refractivity contribution in [3.05, 3.63) is 60.3 Å². The fraction of sp³-hybridized carbons (Fsp3) is 0.407. The molecule has 0 aliphatic carbocycles. The maximum absolute atomic E-state index is 13.5. The third-order valence-corrected chi connectivity index (χ3v) is 6.39. The number of nitrogens with zero attached hydrogens (tertiary/aromatic N) is 3. The van der Waals surface area contributed by atoms with Crippen LogP contribution in [0.15, 0.2) is 54.7 Å². The highest BCUT2D eigenvalue weighted by Gasteiger charge is 2.26. The molecular weight excluding hydrogens is 444 g/mol. The highest BCUT2D eigenvalue weighted by molar-refractivity contribution is 6.00. The summed E-state index contributed by atoms with van der Waals surface area (Å²) in [5, 5.41) is 7.96. The standard InChI is InChI=1S/C27H34N4O4/c1-19(2)23(30-12-14-35-15-13-30)17-28-27(32)22-18-31(21-8-6-5-7-9-21)29-26(22)20-10-11-24(33-3)25(16-20)34-4/h5-11,16,18-19,23H,12-15,17H2,1-4H3,(H,28,32). The molecule has 1 amide bonds. The van der Waals surface area contributed by atoms with Gasteiger partial charge < -0.3 is 19.5 Å². The minimum Gasteiger partial charge on any atom is -0.493 e. The minimum absolute atomic E-state index is 0.157. The second-order valence-electron chi connectivity index (χ2n) is 8.91. The van der Waals surface area contributed by atoms with Gasteiger partial charge in [0.25, 0.3) is 5.91 Å². The van der Waals surface area contributed by atoms with E-state index in [2.05, 4.69) is 24.1 Å². The molecule has 8 heteroatoms. The zero-order chi connectivity index (χ0) is 24.8. The predicted octanol–water partition coefficient (Wildman–Crippen LogP) is 3.64. The fourth-order valence-electron chi connectivity index (χ4n) is 4.44. The minimum atomic E-state index is -0.157. The topological polar surface area (TPSA) is 77.9 Å². The van der Waals surface area contributed by atoms with Crippen LogP contribution in [0.2, 0.25) is 0 Å². The zero-order valence-electron chi connectivity index (χ0n) is 20.9. The Bertz CT molecular complexity index is 1120. The Hall–Kier alpha value is -3.36. The average molecular weight is 479 g/mol. The van der Waals surface area contributed by atoms with Gasteiger partial charge in [-0.25, -0.2) is 4.68 Å². The smallest absolute Gasteiger partial charge is 0.255 e. The van der Waals surface area contributed by atoms with Crippen LogP contribution in [-0.2, 0) is 4.74 Å². The molecule has 4 rings (SSSR count). The number of carbonyl (C=O) groups is 1. The van der Waals surface area contributed by atoms with E-state index in [0.717, 1.165) is 37.6 Å². The largest absolute Gasteiger partial charge is 0.493 e. The molecule has 3 aromatic rings. The van der Waals surface area contributed by atoms with Crippen molar-refractivity contribution in [3.63, 3.8) is 0 Å². The Kier molecular flexibility index (Phi) is 8.05. The molecule has 1 N–H and O–H groups in total. The number of morpholine rings is 1. The number of amides is 1. The van der Waals surface area contributed by atoms with Crippen LogP contribution >= 0.6 is 0 Å². The van der Waals surface area contributed by atoms with Crippen molar-refractivity contribution in [3.8, 4) is 28.4 Å². The first-order chi connectivity index (χ1) is 17.0. The first-order valence-corrected chi connectivity index (χ1v) is 12.0. The van der Waals surface area contributed by atoms with Crippen molar-refractivity contribution in [2.75, 3.05) is 47.1 Å². The molecule has 35 heavy (non-hydrogen) atoms. The molecule has 1 aliphatic rings. The second-order valence-corrected chi connectivity index (χ2v) is 8.91. The van der Waals surface area contributed by atoms with Gasteiger partial charge in [-0.15, -0.1) is 0 Å². The van der Waals surface area contributed by atoms with Gasteiger partial charge in [0.15, 0.2) is 11.5 Å². The third kappa shape index (κ3) is 5.66. The molecule has 0 spiro atoms. The summed E-state index contributed by atoms with van der Waals surface area (Å²) in [6, 6.07) is 15.6. The van der Waals surface area contributed by atoms with Crippen LogP contribution in [0.3, 0.4) is 0 Å². The lowest BCUT2D eigenvalue weighted by molar-refractivity contribution is 0.00673. The molecule has 186 valence electrons. The van der Waals surface area contributed by atoms with Crippen molar-refractivity contribution >= 4 is 5.91 Å². The van der Waals surface area contributed by atoms with E-state index in [1.807, 2.05) is 48.5 Å². The molecular formula is C27H34N4O4. The van der Waals surface area contributed by atoms with E-state index in [1.165, 1.54) is 0 Å². The Morgan fingerprint density at radius 1 is 1.06 bits per heavy atom. The summed E-state index contributed by atoms with van der Waals surface area (Å²) in [4.78, 5) is 15.9. The Morgan fingerprint density at radius 3 is 2.43 bits per heavy atom. The van der Waals surface area contributed by atoms with Gasteiger partial charge in [-0.2, -0.15) is 5.10 Å². The SMILES string of the molecule is COc1ccc(-c2nn(-c3ccccc3)cc2C(=O)NCC(C(C)C)N2CCOCC2)cc1OC. The normalized spacial score (nSPS) is 15.1. The van der Waals surface area contributed by atoms with Crippen molar-refractivity contribution in [1.29, 1.82) is 0 Å². The van der Waals surface area contributed by atoms with Crippen LogP contribution in [-0.4, -0.2) is 73.7 Å². The van der Waals surface area contributed by atoms with Crippen LogP contribution in [0.5, 0.6) is 11.5 Å². The van der Waals surface area contributed by atoms with Gasteiger partial charge >= 0.3 is 0 Å². The van der Waals surface area contributed by atoms with E-state index >= 15 is 0 Å². The number of methoxy groups -OCH3 is 2. The summed E-state index contributed by atoms with van der Waals surface area (Å²) in [6.45, 7) is 8.14. The van der Waals surface area contributed by atoms with Crippen LogP contribution in [0, 0.1) is 5.92 Å². The van der Waals surface area contributed by atoms with Gasteiger partial charge in [0, 0.05) is 37.4 Å². The van der Waals surface area contributed by atoms with E-state index in [9.17, 15) is 4.79 Å². The maximum atomic E-state index is 13.5. The summed E-state index contributed by atoms with van der Waals surface area (Å²) in [5.74, 6) is 1.44. The molecule has 8 nitrogen and oxygen atoms in total. The molecule has 2 heterocycles. The van der Waals surface area contributed by atoms with Crippen molar-refractivity contribution in [1.82, 2.24) is 20.0 Å². The summed E-state index contributed by atoms with van der Waals surface area (Å²) in [6.07, 6.45) is 1.79. The number of hydrogen-bond donors (Lipinski definition) is 1. The van der Waals surface area contributed by atoms with Crippen molar-refractivity contribution in [2.45, 2.75) is 19.9 Å². The van der Waals surface area contributed by atoms with Gasteiger partial charge in [-0.05, 0) is 36.2 Å². The van der Waals surface area contributed by atoms with E-state index < -0.39 is 0 Å². The van der Waals surface area contributed by atoms with Crippen molar-refractivity contribution < 1.29 is 19.0 Å². The monoisotopic (exact) mass is 478 g/mol. The summed E-state index contributed by atoms with van der Waals surface area (Å²) < 4.78 is 18.1. The molecule has 2 aromatic carbocycles. The van der Waals surface area contributed by atoms with Crippen molar-refractivity contribution in [2.24, 2.45) is 5.92 Å². The highest BCUT2D eigenvalue weighted by atomic mass is 16.5. The molecule has 0 saturated carbocycles. The lowest BCUT2D eigenvalue weighted by Gasteiger charge is -2.36. The van der Waals surface area contributed by atoms with E-state index in [-0.39, 0.29) is 11.9 Å². The number of nitrogens with one attached hydrogen (secondary N) is 1. The lowest BCUT2D eigenvalue weighted by atomic mass is 10.0. The number of aromatic nitrogens is 2. The Morgan fingerprint density at radius 2 is 1.77 bits per heavy atom. The first kappa shape index (κ1) is 24.8. The lowest BCUT2D eigenvalue weighted by Crippen LogP contribution is -2.51. The average Bonchev–Trinajstić information content (AvgIpc) is 3.35. The predicted molar refractivity (Wildman–Crippen MR) is 135 cm³/mol. The molecule has 1 saturated heterocycles. The number of carbonyl (C=O) groups excluding carboxylic acids is 1. The van der Waals surface area contributed by atoms with Gasteiger partial charge in [-0.1, -0.05) is 32.0 Å². The van der Waals surface area contributed by atoms with Gasteiger partial charge in [0.05, 0.1) is 38.7 Å². The molecule has 0 radical (unpaired) electrons. The van der Waals surface area contributed by atoms with E-state index in [0.29, 0.717) is 35.2 Å². The summed E-state index contributed by atoms with van der Waals surface area (Å²) >= 11 is 0.